The number of carboxylic acid groups (broad SMARTS) is 1. The van der Waals surface area contributed by atoms with Crippen LogP contribution in [0.4, 0.5) is 32.4 Å². The minimum absolute atomic E-state index is 0.103. The summed E-state index contributed by atoms with van der Waals surface area (Å²) in [7, 11) is 1.25. The minimum atomic E-state index is -4.44. The van der Waals surface area contributed by atoms with Crippen molar-refractivity contribution in [3.8, 4) is 0 Å². The first-order chi connectivity index (χ1) is 14.4. The Morgan fingerprint density at radius 3 is 2.61 bits per heavy atom. The molecule has 1 aliphatic carbocycles. The Morgan fingerprint density at radius 2 is 2.06 bits per heavy atom. The number of amides is 1. The summed E-state index contributed by atoms with van der Waals surface area (Å²) in [6, 6.07) is 0.526. The number of nitrogens with one attached hydrogen (secondary N) is 1. The highest BCUT2D eigenvalue weighted by molar-refractivity contribution is 6.17. The van der Waals surface area contributed by atoms with Gasteiger partial charge >= 0.3 is 12.3 Å². The Morgan fingerprint density at radius 1 is 1.42 bits per heavy atom. The van der Waals surface area contributed by atoms with Crippen molar-refractivity contribution in [2.45, 2.75) is 49.7 Å². The summed E-state index contributed by atoms with van der Waals surface area (Å²) in [5.41, 5.74) is 0.759. The lowest BCUT2D eigenvalue weighted by Gasteiger charge is -2.32. The fourth-order valence-corrected chi connectivity index (χ4v) is 4.05. The van der Waals surface area contributed by atoms with Gasteiger partial charge < -0.3 is 15.3 Å². The van der Waals surface area contributed by atoms with Crippen molar-refractivity contribution in [1.29, 1.82) is 0 Å². The SMILES string of the molecule is CN(CC(F)(F)F)c1cc2nc(C(NC(=O)O)C3CCC(F)(F)CC3)cn2nc1CCl. The monoisotopic (exact) mass is 469 g/mol. The van der Waals surface area contributed by atoms with Crippen LogP contribution in [0, 0.1) is 5.92 Å². The molecule has 0 aromatic carbocycles. The first kappa shape index (κ1) is 23.3. The van der Waals surface area contributed by atoms with Crippen LogP contribution in [-0.2, 0) is 5.88 Å². The maximum Gasteiger partial charge on any atom is 0.405 e. The Kier molecular flexibility index (Phi) is 6.49. The molecule has 1 aliphatic rings. The fourth-order valence-electron chi connectivity index (χ4n) is 3.86. The maximum atomic E-state index is 13.5. The van der Waals surface area contributed by atoms with Crippen molar-refractivity contribution >= 4 is 29.0 Å². The van der Waals surface area contributed by atoms with Gasteiger partial charge in [-0.3, -0.25) is 0 Å². The first-order valence-corrected chi connectivity index (χ1v) is 10.0. The topological polar surface area (TPSA) is 82.8 Å². The second-order valence-corrected chi connectivity index (χ2v) is 7.94. The Hall–Kier alpha value is -2.37. The van der Waals surface area contributed by atoms with Gasteiger partial charge in [-0.25, -0.2) is 23.1 Å². The molecule has 0 radical (unpaired) electrons. The Labute approximate surface area is 179 Å². The summed E-state index contributed by atoms with van der Waals surface area (Å²) in [6.07, 6.45) is -4.85. The van der Waals surface area contributed by atoms with Crippen LogP contribution in [0.2, 0.25) is 0 Å². The van der Waals surface area contributed by atoms with Gasteiger partial charge in [0.15, 0.2) is 5.65 Å². The number of anilines is 1. The second-order valence-electron chi connectivity index (χ2n) is 7.67. The van der Waals surface area contributed by atoms with Crippen LogP contribution in [-0.4, -0.2) is 51.5 Å². The lowest BCUT2D eigenvalue weighted by atomic mass is 9.81. The van der Waals surface area contributed by atoms with E-state index in [-0.39, 0.29) is 54.3 Å². The third-order valence-corrected chi connectivity index (χ3v) is 5.56. The number of hydrogen-bond acceptors (Lipinski definition) is 4. The minimum Gasteiger partial charge on any atom is -0.465 e. The van der Waals surface area contributed by atoms with E-state index in [0.717, 1.165) is 4.90 Å². The zero-order valence-corrected chi connectivity index (χ0v) is 17.2. The average Bonchev–Trinajstić information content (AvgIpc) is 3.06. The molecule has 2 aromatic heterocycles. The quantitative estimate of drug-likeness (QED) is 0.477. The normalized spacial score (nSPS) is 18.2. The molecule has 1 saturated carbocycles. The molecular formula is C18H21ClF5N5O2. The summed E-state index contributed by atoms with van der Waals surface area (Å²) in [5, 5.41) is 15.8. The molecule has 0 bridgehead atoms. The van der Waals surface area contributed by atoms with Crippen LogP contribution in [0.1, 0.15) is 43.1 Å². The van der Waals surface area contributed by atoms with Gasteiger partial charge in [-0.15, -0.1) is 11.6 Å². The Balaban J connectivity index is 1.96. The number of carbonyl (C=O) groups is 1. The highest BCUT2D eigenvalue weighted by Crippen LogP contribution is 2.41. The molecule has 31 heavy (non-hydrogen) atoms. The lowest BCUT2D eigenvalue weighted by Crippen LogP contribution is -2.36. The van der Waals surface area contributed by atoms with Gasteiger partial charge in [0.1, 0.15) is 6.54 Å². The van der Waals surface area contributed by atoms with Crippen LogP contribution < -0.4 is 10.2 Å². The third-order valence-electron chi connectivity index (χ3n) is 5.31. The molecule has 1 fully saturated rings. The first-order valence-electron chi connectivity index (χ1n) is 9.49. The molecular weight excluding hydrogens is 449 g/mol. The van der Waals surface area contributed by atoms with E-state index in [9.17, 15) is 31.9 Å². The van der Waals surface area contributed by atoms with E-state index in [1.807, 2.05) is 0 Å². The summed E-state index contributed by atoms with van der Waals surface area (Å²) in [4.78, 5) is 16.6. The predicted octanol–water partition coefficient (Wildman–Crippen LogP) is 4.60. The lowest BCUT2D eigenvalue weighted by molar-refractivity contribution is -0.119. The van der Waals surface area contributed by atoms with Crippen molar-refractivity contribution in [3.05, 3.63) is 23.7 Å². The van der Waals surface area contributed by atoms with Gasteiger partial charge in [-0.1, -0.05) is 0 Å². The molecule has 0 aliphatic heterocycles. The number of halogens is 6. The number of alkyl halides is 6. The molecule has 2 heterocycles. The molecule has 13 heteroatoms. The van der Waals surface area contributed by atoms with Gasteiger partial charge in [0.25, 0.3) is 0 Å². The van der Waals surface area contributed by atoms with E-state index in [4.69, 9.17) is 11.6 Å². The highest BCUT2D eigenvalue weighted by atomic mass is 35.5. The maximum absolute atomic E-state index is 13.5. The average molecular weight is 470 g/mol. The van der Waals surface area contributed by atoms with Gasteiger partial charge in [-0.05, 0) is 18.8 Å². The van der Waals surface area contributed by atoms with E-state index >= 15 is 0 Å². The number of nitrogens with zero attached hydrogens (tertiary/aromatic N) is 4. The Bertz CT molecular complexity index is 941. The van der Waals surface area contributed by atoms with Crippen molar-refractivity contribution in [3.63, 3.8) is 0 Å². The summed E-state index contributed by atoms with van der Waals surface area (Å²) in [5.74, 6) is -3.34. The fraction of sp³-hybridized carbons (Fsp3) is 0.611. The molecule has 1 unspecified atom stereocenters. The van der Waals surface area contributed by atoms with Crippen molar-refractivity contribution < 1.29 is 31.9 Å². The molecule has 1 amide bonds. The van der Waals surface area contributed by atoms with Crippen molar-refractivity contribution in [2.24, 2.45) is 5.92 Å². The summed E-state index contributed by atoms with van der Waals surface area (Å²) in [6.45, 7) is -1.22. The van der Waals surface area contributed by atoms with Gasteiger partial charge in [-0.2, -0.15) is 18.3 Å². The van der Waals surface area contributed by atoms with E-state index in [2.05, 4.69) is 15.4 Å². The molecule has 1 atom stereocenters. The third kappa shape index (κ3) is 5.66. The van der Waals surface area contributed by atoms with Gasteiger partial charge in [0.05, 0.1) is 35.2 Å². The number of rotatable bonds is 6. The second kappa shape index (κ2) is 8.64. The van der Waals surface area contributed by atoms with Crippen molar-refractivity contribution in [2.75, 3.05) is 18.5 Å². The molecule has 0 spiro atoms. The van der Waals surface area contributed by atoms with Crippen molar-refractivity contribution in [1.82, 2.24) is 19.9 Å². The van der Waals surface area contributed by atoms with Gasteiger partial charge in [0, 0.05) is 26.0 Å². The number of fused-ring (bicyclic) bond motifs is 1. The summed E-state index contributed by atoms with van der Waals surface area (Å²) >= 11 is 5.87. The van der Waals surface area contributed by atoms with E-state index in [0.29, 0.717) is 0 Å². The zero-order valence-electron chi connectivity index (χ0n) is 16.5. The molecule has 2 aromatic rings. The van der Waals surface area contributed by atoms with Gasteiger partial charge in [0.2, 0.25) is 5.92 Å². The van der Waals surface area contributed by atoms with Crippen LogP contribution in [0.3, 0.4) is 0 Å². The molecule has 2 N–H and O–H groups in total. The van der Waals surface area contributed by atoms with Crippen LogP contribution in [0.5, 0.6) is 0 Å². The number of aromatic nitrogens is 3. The number of hydrogen-bond donors (Lipinski definition) is 2. The largest absolute Gasteiger partial charge is 0.465 e. The van der Waals surface area contributed by atoms with E-state index in [1.54, 1.807) is 0 Å². The highest BCUT2D eigenvalue weighted by Gasteiger charge is 2.39. The summed E-state index contributed by atoms with van der Waals surface area (Å²) < 4.78 is 66.8. The molecule has 7 nitrogen and oxygen atoms in total. The molecule has 172 valence electrons. The zero-order chi connectivity index (χ0) is 23.0. The number of imidazole rings is 1. The standard InChI is InChI=1S/C18H21ClF5N5O2/c1-28(9-18(22,23)24)13-6-14-25-12(8-29(14)27-11(13)7-19)15(26-16(30)31)10-2-4-17(20,21)5-3-10/h6,8,10,15,26H,2-5,7,9H2,1H3,(H,30,31). The van der Waals surface area contributed by atoms with Crippen LogP contribution in [0.25, 0.3) is 5.65 Å². The van der Waals surface area contributed by atoms with E-state index < -0.39 is 36.7 Å². The van der Waals surface area contributed by atoms with Crippen LogP contribution >= 0.6 is 11.6 Å². The smallest absolute Gasteiger partial charge is 0.405 e. The predicted molar refractivity (Wildman–Crippen MR) is 103 cm³/mol. The van der Waals surface area contributed by atoms with E-state index in [1.165, 1.54) is 23.8 Å². The van der Waals surface area contributed by atoms with Crippen LogP contribution in [0.15, 0.2) is 12.3 Å². The molecule has 3 rings (SSSR count). The molecule has 0 saturated heterocycles.